The van der Waals surface area contributed by atoms with Gasteiger partial charge in [0.15, 0.2) is 0 Å². The zero-order valence-corrected chi connectivity index (χ0v) is 16.2. The third kappa shape index (κ3) is 3.94. The van der Waals surface area contributed by atoms with Gasteiger partial charge in [0, 0.05) is 23.3 Å². The molecule has 4 aromatic rings. The number of carbonyl (C=O) groups excluding carboxylic acids is 1. The van der Waals surface area contributed by atoms with Crippen molar-refractivity contribution in [1.29, 1.82) is 0 Å². The number of fused-ring (bicyclic) bond motifs is 1. The Hall–Kier alpha value is -3.73. The molecule has 3 aromatic carbocycles. The molecule has 0 spiro atoms. The van der Waals surface area contributed by atoms with Crippen molar-refractivity contribution in [3.8, 4) is 5.75 Å². The highest BCUT2D eigenvalue weighted by Crippen LogP contribution is 2.34. The molecule has 5 heteroatoms. The van der Waals surface area contributed by atoms with Crippen molar-refractivity contribution in [1.82, 2.24) is 4.57 Å². The van der Waals surface area contributed by atoms with E-state index in [2.05, 4.69) is 34.3 Å². The van der Waals surface area contributed by atoms with E-state index in [1.807, 2.05) is 54.6 Å². The van der Waals surface area contributed by atoms with Gasteiger partial charge < -0.3 is 20.3 Å². The summed E-state index contributed by atoms with van der Waals surface area (Å²) in [6, 6.07) is 24.5. The number of para-hydroxylation sites is 1. The number of rotatable bonds is 5. The number of nitrogens with one attached hydrogen (secondary N) is 2. The average molecular weight is 385 g/mol. The fourth-order valence-corrected chi connectivity index (χ4v) is 3.65. The van der Waals surface area contributed by atoms with E-state index in [1.165, 1.54) is 5.56 Å². The molecule has 1 heterocycles. The predicted octanol–water partition coefficient (Wildman–Crippen LogP) is 5.60. The summed E-state index contributed by atoms with van der Waals surface area (Å²) in [7, 11) is 0. The maximum atomic E-state index is 12.7. The lowest BCUT2D eigenvalue weighted by Crippen LogP contribution is -2.20. The van der Waals surface area contributed by atoms with Gasteiger partial charge >= 0.3 is 6.03 Å². The Morgan fingerprint density at radius 2 is 1.62 bits per heavy atom. The zero-order valence-electron chi connectivity index (χ0n) is 16.2. The Morgan fingerprint density at radius 3 is 2.31 bits per heavy atom. The number of hydrogen-bond acceptors (Lipinski definition) is 2. The van der Waals surface area contributed by atoms with E-state index in [9.17, 15) is 9.90 Å². The van der Waals surface area contributed by atoms with Crippen LogP contribution in [0.1, 0.15) is 18.2 Å². The molecule has 0 fully saturated rings. The number of aromatic hydroxyl groups is 1. The molecular weight excluding hydrogens is 362 g/mol. The lowest BCUT2D eigenvalue weighted by molar-refractivity contribution is 0.262. The van der Waals surface area contributed by atoms with Crippen LogP contribution in [0.4, 0.5) is 16.2 Å². The van der Waals surface area contributed by atoms with Gasteiger partial charge in [0.1, 0.15) is 5.75 Å². The number of carbonyl (C=O) groups is 1. The van der Waals surface area contributed by atoms with Crippen molar-refractivity contribution in [3.63, 3.8) is 0 Å². The van der Waals surface area contributed by atoms with Gasteiger partial charge in [0.25, 0.3) is 0 Å². The monoisotopic (exact) mass is 385 g/mol. The second-order valence-electron chi connectivity index (χ2n) is 6.89. The van der Waals surface area contributed by atoms with Gasteiger partial charge in [-0.05, 0) is 42.3 Å². The summed E-state index contributed by atoms with van der Waals surface area (Å²) in [5.74, 6) is 0.170. The molecule has 146 valence electrons. The van der Waals surface area contributed by atoms with Gasteiger partial charge in [-0.25, -0.2) is 4.79 Å². The van der Waals surface area contributed by atoms with Crippen LogP contribution in [-0.4, -0.2) is 15.7 Å². The predicted molar refractivity (Wildman–Crippen MR) is 118 cm³/mol. The third-order valence-electron chi connectivity index (χ3n) is 4.94. The number of anilines is 2. The fourth-order valence-electron chi connectivity index (χ4n) is 3.65. The highest BCUT2D eigenvalue weighted by Gasteiger charge is 2.18. The minimum atomic E-state index is -0.312. The topological polar surface area (TPSA) is 66.3 Å². The molecule has 0 atom stereocenters. The molecule has 29 heavy (non-hydrogen) atoms. The van der Waals surface area contributed by atoms with Crippen LogP contribution in [0.2, 0.25) is 0 Å². The Balaban J connectivity index is 1.74. The van der Waals surface area contributed by atoms with Crippen molar-refractivity contribution < 1.29 is 9.90 Å². The normalized spacial score (nSPS) is 10.8. The fraction of sp³-hybridized carbons (Fsp3) is 0.125. The Kier molecular flexibility index (Phi) is 5.20. The van der Waals surface area contributed by atoms with E-state index < -0.39 is 0 Å². The highest BCUT2D eigenvalue weighted by atomic mass is 16.3. The standard InChI is InChI=1S/C24H23N3O2/c1-2-21-23(26-24(29)25-18-11-7-4-8-12-18)20-15-19(28)13-14-22(20)27(21)16-17-9-5-3-6-10-17/h3-15,28H,2,16H2,1H3,(H2,25,26,29). The minimum absolute atomic E-state index is 0.170. The number of hydrogen-bond donors (Lipinski definition) is 3. The molecule has 0 saturated heterocycles. The largest absolute Gasteiger partial charge is 0.508 e. The summed E-state index contributed by atoms with van der Waals surface area (Å²) in [6.45, 7) is 2.75. The molecule has 0 aliphatic rings. The van der Waals surface area contributed by atoms with E-state index in [1.54, 1.807) is 12.1 Å². The van der Waals surface area contributed by atoms with Crippen molar-refractivity contribution in [2.75, 3.05) is 10.6 Å². The van der Waals surface area contributed by atoms with Crippen molar-refractivity contribution >= 4 is 28.3 Å². The first-order valence-corrected chi connectivity index (χ1v) is 9.66. The molecule has 1 aromatic heterocycles. The molecule has 0 radical (unpaired) electrons. The zero-order chi connectivity index (χ0) is 20.2. The Bertz CT molecular complexity index is 1140. The summed E-state index contributed by atoms with van der Waals surface area (Å²) in [5.41, 5.74) is 4.60. The third-order valence-corrected chi connectivity index (χ3v) is 4.94. The summed E-state index contributed by atoms with van der Waals surface area (Å²) in [6.07, 6.45) is 0.739. The van der Waals surface area contributed by atoms with Gasteiger partial charge in [-0.3, -0.25) is 0 Å². The van der Waals surface area contributed by atoms with E-state index >= 15 is 0 Å². The lowest BCUT2D eigenvalue weighted by atomic mass is 10.2. The number of amides is 2. The SMILES string of the molecule is CCc1c(NC(=O)Nc2ccccc2)c2cc(O)ccc2n1Cc1ccccc1. The first-order valence-electron chi connectivity index (χ1n) is 9.66. The number of nitrogens with zero attached hydrogens (tertiary/aromatic N) is 1. The van der Waals surface area contributed by atoms with Crippen LogP contribution < -0.4 is 10.6 Å². The van der Waals surface area contributed by atoms with Gasteiger partial charge in [0.2, 0.25) is 0 Å². The van der Waals surface area contributed by atoms with Crippen LogP contribution in [0.3, 0.4) is 0 Å². The summed E-state index contributed by atoms with van der Waals surface area (Å²) in [5, 5.41) is 16.7. The number of aromatic nitrogens is 1. The van der Waals surface area contributed by atoms with E-state index in [-0.39, 0.29) is 11.8 Å². The molecule has 0 bridgehead atoms. The highest BCUT2D eigenvalue weighted by molar-refractivity contribution is 6.07. The van der Waals surface area contributed by atoms with Crippen LogP contribution >= 0.6 is 0 Å². The molecule has 3 N–H and O–H groups in total. The first kappa shape index (κ1) is 18.6. The van der Waals surface area contributed by atoms with Gasteiger partial charge in [-0.15, -0.1) is 0 Å². The smallest absolute Gasteiger partial charge is 0.323 e. The first-order chi connectivity index (χ1) is 14.2. The number of phenols is 1. The number of benzene rings is 3. The summed E-state index contributed by atoms with van der Waals surface area (Å²) < 4.78 is 2.20. The quantitative estimate of drug-likeness (QED) is 0.418. The van der Waals surface area contributed by atoms with Crippen LogP contribution in [-0.2, 0) is 13.0 Å². The van der Waals surface area contributed by atoms with Crippen molar-refractivity contribution in [3.05, 3.63) is 90.1 Å². The molecule has 5 nitrogen and oxygen atoms in total. The Labute approximate surface area is 169 Å². The maximum absolute atomic E-state index is 12.7. The van der Waals surface area contributed by atoms with Gasteiger partial charge in [0.05, 0.1) is 11.2 Å². The molecular formula is C24H23N3O2. The minimum Gasteiger partial charge on any atom is -0.508 e. The lowest BCUT2D eigenvalue weighted by Gasteiger charge is -2.12. The van der Waals surface area contributed by atoms with E-state index in [4.69, 9.17) is 0 Å². The molecule has 0 unspecified atom stereocenters. The number of urea groups is 1. The van der Waals surface area contributed by atoms with E-state index in [0.29, 0.717) is 6.54 Å². The molecule has 4 rings (SSSR count). The summed E-state index contributed by atoms with van der Waals surface area (Å²) >= 11 is 0. The van der Waals surface area contributed by atoms with Crippen LogP contribution in [0.5, 0.6) is 5.75 Å². The summed E-state index contributed by atoms with van der Waals surface area (Å²) in [4.78, 5) is 12.7. The number of phenolic OH excluding ortho intramolecular Hbond substituents is 1. The molecule has 0 aliphatic heterocycles. The maximum Gasteiger partial charge on any atom is 0.323 e. The molecule has 0 aliphatic carbocycles. The Morgan fingerprint density at radius 1 is 0.931 bits per heavy atom. The van der Waals surface area contributed by atoms with Gasteiger partial charge in [-0.2, -0.15) is 0 Å². The van der Waals surface area contributed by atoms with Crippen LogP contribution in [0, 0.1) is 0 Å². The van der Waals surface area contributed by atoms with Crippen molar-refractivity contribution in [2.45, 2.75) is 19.9 Å². The van der Waals surface area contributed by atoms with Gasteiger partial charge in [-0.1, -0.05) is 55.5 Å². The van der Waals surface area contributed by atoms with Crippen molar-refractivity contribution in [2.24, 2.45) is 0 Å². The van der Waals surface area contributed by atoms with Crippen LogP contribution in [0.15, 0.2) is 78.9 Å². The average Bonchev–Trinajstić information content (AvgIpc) is 3.01. The second-order valence-corrected chi connectivity index (χ2v) is 6.89. The molecule has 2 amide bonds. The molecule has 0 saturated carbocycles. The second kappa shape index (κ2) is 8.10. The van der Waals surface area contributed by atoms with Crippen LogP contribution in [0.25, 0.3) is 10.9 Å². The van der Waals surface area contributed by atoms with E-state index in [0.717, 1.165) is 34.4 Å².